The Morgan fingerprint density at radius 1 is 1.32 bits per heavy atom. The number of anilines is 1. The first-order valence-corrected chi connectivity index (χ1v) is 6.35. The van der Waals surface area contributed by atoms with Gasteiger partial charge < -0.3 is 9.64 Å². The van der Waals surface area contributed by atoms with Gasteiger partial charge in [0.2, 0.25) is 5.91 Å². The number of aryl methyl sites for hydroxylation is 2. The SMILES string of the molecule is CCC(C(=O)OC)C(=O)N(C)c1ccc(C)cc1C. The number of hydrogen-bond acceptors (Lipinski definition) is 3. The Bertz CT molecular complexity index is 482. The van der Waals surface area contributed by atoms with Crippen LogP contribution in [0.15, 0.2) is 18.2 Å². The molecule has 1 aromatic rings. The second-order valence-electron chi connectivity index (χ2n) is 4.67. The highest BCUT2D eigenvalue weighted by molar-refractivity contribution is 6.06. The van der Waals surface area contributed by atoms with E-state index in [0.717, 1.165) is 16.8 Å². The van der Waals surface area contributed by atoms with Crippen LogP contribution in [0.2, 0.25) is 0 Å². The highest BCUT2D eigenvalue weighted by atomic mass is 16.5. The zero-order chi connectivity index (χ0) is 14.6. The lowest BCUT2D eigenvalue weighted by Crippen LogP contribution is -2.37. The summed E-state index contributed by atoms with van der Waals surface area (Å²) in [5, 5.41) is 0. The van der Waals surface area contributed by atoms with E-state index in [4.69, 9.17) is 0 Å². The van der Waals surface area contributed by atoms with Gasteiger partial charge in [-0.1, -0.05) is 24.6 Å². The van der Waals surface area contributed by atoms with Crippen LogP contribution in [0.25, 0.3) is 0 Å². The van der Waals surface area contributed by atoms with Crippen LogP contribution in [0.5, 0.6) is 0 Å². The molecule has 1 atom stereocenters. The van der Waals surface area contributed by atoms with Gasteiger partial charge in [-0.25, -0.2) is 0 Å². The second-order valence-corrected chi connectivity index (χ2v) is 4.67. The molecular weight excluding hydrogens is 242 g/mol. The van der Waals surface area contributed by atoms with E-state index >= 15 is 0 Å². The molecule has 0 fully saturated rings. The van der Waals surface area contributed by atoms with Crippen molar-refractivity contribution in [3.63, 3.8) is 0 Å². The lowest BCUT2D eigenvalue weighted by molar-refractivity contribution is -0.149. The van der Waals surface area contributed by atoms with Gasteiger partial charge in [-0.3, -0.25) is 9.59 Å². The predicted octanol–water partition coefficient (Wildman–Crippen LogP) is 2.47. The Morgan fingerprint density at radius 3 is 2.42 bits per heavy atom. The predicted molar refractivity (Wildman–Crippen MR) is 75.1 cm³/mol. The molecule has 104 valence electrons. The van der Waals surface area contributed by atoms with Crippen LogP contribution in [0.4, 0.5) is 5.69 Å². The number of carbonyl (C=O) groups is 2. The van der Waals surface area contributed by atoms with Gasteiger partial charge >= 0.3 is 5.97 Å². The standard InChI is InChI=1S/C15H21NO3/c1-6-12(15(18)19-5)14(17)16(4)13-8-7-10(2)9-11(13)3/h7-9,12H,6H2,1-5H3. The molecule has 0 saturated heterocycles. The van der Waals surface area contributed by atoms with E-state index in [1.807, 2.05) is 32.0 Å². The molecule has 4 nitrogen and oxygen atoms in total. The van der Waals surface area contributed by atoms with Gasteiger partial charge in [0.15, 0.2) is 0 Å². The third-order valence-corrected chi connectivity index (χ3v) is 3.24. The quantitative estimate of drug-likeness (QED) is 0.619. The number of carbonyl (C=O) groups excluding carboxylic acids is 2. The van der Waals surface area contributed by atoms with Crippen molar-refractivity contribution < 1.29 is 14.3 Å². The fourth-order valence-corrected chi connectivity index (χ4v) is 2.12. The molecule has 1 aromatic carbocycles. The third kappa shape index (κ3) is 3.34. The first-order chi connectivity index (χ1) is 8.92. The summed E-state index contributed by atoms with van der Waals surface area (Å²) in [6.07, 6.45) is 0.431. The molecule has 4 heteroatoms. The van der Waals surface area contributed by atoms with Crippen LogP contribution >= 0.6 is 0 Å². The largest absolute Gasteiger partial charge is 0.468 e. The normalized spacial score (nSPS) is 11.8. The fourth-order valence-electron chi connectivity index (χ4n) is 2.12. The van der Waals surface area contributed by atoms with Gasteiger partial charge in [0.05, 0.1) is 7.11 Å². The van der Waals surface area contributed by atoms with Crippen molar-refractivity contribution >= 4 is 17.6 Å². The van der Waals surface area contributed by atoms with Crippen molar-refractivity contribution in [3.8, 4) is 0 Å². The lowest BCUT2D eigenvalue weighted by Gasteiger charge is -2.23. The van der Waals surface area contributed by atoms with Crippen LogP contribution in [0.1, 0.15) is 24.5 Å². The number of hydrogen-bond donors (Lipinski definition) is 0. The zero-order valence-electron chi connectivity index (χ0n) is 12.2. The van der Waals surface area contributed by atoms with E-state index in [2.05, 4.69) is 4.74 Å². The minimum absolute atomic E-state index is 0.235. The van der Waals surface area contributed by atoms with Crippen LogP contribution in [-0.4, -0.2) is 26.0 Å². The molecule has 1 unspecified atom stereocenters. The molecule has 0 saturated carbocycles. The number of amides is 1. The summed E-state index contributed by atoms with van der Waals surface area (Å²) >= 11 is 0. The minimum Gasteiger partial charge on any atom is -0.468 e. The van der Waals surface area contributed by atoms with Gasteiger partial charge in [-0.05, 0) is 31.9 Å². The average Bonchev–Trinajstić information content (AvgIpc) is 2.38. The first kappa shape index (κ1) is 15.2. The number of methoxy groups -OCH3 is 1. The Morgan fingerprint density at radius 2 is 1.95 bits per heavy atom. The van der Waals surface area contributed by atoms with Crippen molar-refractivity contribution in [1.82, 2.24) is 0 Å². The summed E-state index contributed by atoms with van der Waals surface area (Å²) in [6.45, 7) is 5.75. The Labute approximate surface area is 114 Å². The van der Waals surface area contributed by atoms with E-state index < -0.39 is 11.9 Å². The van der Waals surface area contributed by atoms with E-state index in [9.17, 15) is 9.59 Å². The number of benzene rings is 1. The molecule has 0 N–H and O–H groups in total. The van der Waals surface area contributed by atoms with Crippen LogP contribution in [-0.2, 0) is 14.3 Å². The molecule has 0 aliphatic carbocycles. The van der Waals surface area contributed by atoms with Crippen molar-refractivity contribution in [1.29, 1.82) is 0 Å². The van der Waals surface area contributed by atoms with Crippen LogP contribution in [0.3, 0.4) is 0 Å². The molecule has 0 aliphatic heterocycles. The van der Waals surface area contributed by atoms with E-state index in [1.54, 1.807) is 14.0 Å². The van der Waals surface area contributed by atoms with Crippen molar-refractivity contribution in [2.75, 3.05) is 19.1 Å². The van der Waals surface area contributed by atoms with Gasteiger partial charge in [0, 0.05) is 12.7 Å². The monoisotopic (exact) mass is 263 g/mol. The van der Waals surface area contributed by atoms with Gasteiger partial charge in [0.1, 0.15) is 5.92 Å². The molecule has 19 heavy (non-hydrogen) atoms. The van der Waals surface area contributed by atoms with Crippen LogP contribution in [0, 0.1) is 19.8 Å². The molecule has 1 amide bonds. The van der Waals surface area contributed by atoms with Crippen molar-refractivity contribution in [2.24, 2.45) is 5.92 Å². The van der Waals surface area contributed by atoms with Crippen LogP contribution < -0.4 is 4.90 Å². The third-order valence-electron chi connectivity index (χ3n) is 3.24. The highest BCUT2D eigenvalue weighted by Crippen LogP contribution is 2.22. The van der Waals surface area contributed by atoms with Gasteiger partial charge in [-0.15, -0.1) is 0 Å². The van der Waals surface area contributed by atoms with Crippen molar-refractivity contribution in [3.05, 3.63) is 29.3 Å². The molecule has 0 heterocycles. The smallest absolute Gasteiger partial charge is 0.318 e. The fraction of sp³-hybridized carbons (Fsp3) is 0.467. The van der Waals surface area contributed by atoms with Gasteiger partial charge in [-0.2, -0.15) is 0 Å². The summed E-state index contributed by atoms with van der Waals surface area (Å²) in [5.74, 6) is -1.46. The number of rotatable bonds is 4. The van der Waals surface area contributed by atoms with Gasteiger partial charge in [0.25, 0.3) is 0 Å². The average molecular weight is 263 g/mol. The zero-order valence-corrected chi connectivity index (χ0v) is 12.2. The Balaban J connectivity index is 3.01. The molecule has 0 bridgehead atoms. The molecular formula is C15H21NO3. The number of ether oxygens (including phenoxy) is 1. The molecule has 0 radical (unpaired) electrons. The van der Waals surface area contributed by atoms with E-state index in [0.29, 0.717) is 6.42 Å². The molecule has 1 rings (SSSR count). The second kappa shape index (κ2) is 6.36. The number of esters is 1. The van der Waals surface area contributed by atoms with E-state index in [1.165, 1.54) is 12.0 Å². The summed E-state index contributed by atoms with van der Waals surface area (Å²) < 4.78 is 4.67. The van der Waals surface area contributed by atoms with E-state index in [-0.39, 0.29) is 5.91 Å². The topological polar surface area (TPSA) is 46.6 Å². The first-order valence-electron chi connectivity index (χ1n) is 6.35. The maximum atomic E-state index is 12.3. The van der Waals surface area contributed by atoms with Crippen molar-refractivity contribution in [2.45, 2.75) is 27.2 Å². The summed E-state index contributed by atoms with van der Waals surface area (Å²) in [6, 6.07) is 5.86. The maximum absolute atomic E-state index is 12.3. The Kier molecular flexibility index (Phi) is 5.10. The maximum Gasteiger partial charge on any atom is 0.318 e. The lowest BCUT2D eigenvalue weighted by atomic mass is 10.0. The number of nitrogens with zero attached hydrogens (tertiary/aromatic N) is 1. The Hall–Kier alpha value is -1.84. The molecule has 0 aromatic heterocycles. The summed E-state index contributed by atoms with van der Waals surface area (Å²) in [4.78, 5) is 25.5. The minimum atomic E-state index is -0.740. The molecule has 0 aliphatic rings. The summed E-state index contributed by atoms with van der Waals surface area (Å²) in [5.41, 5.74) is 2.97. The highest BCUT2D eigenvalue weighted by Gasteiger charge is 2.29. The molecule has 0 spiro atoms. The summed E-state index contributed by atoms with van der Waals surface area (Å²) in [7, 11) is 2.99.